The molecule has 0 aliphatic rings. The van der Waals surface area contributed by atoms with Gasteiger partial charge >= 0.3 is 5.97 Å². The van der Waals surface area contributed by atoms with Gasteiger partial charge in [-0.1, -0.05) is 13.8 Å². The minimum Gasteiger partial charge on any atom is -0.480 e. The number of carbonyl (C=O) groups is 1. The van der Waals surface area contributed by atoms with E-state index in [-0.39, 0.29) is 12.3 Å². The Morgan fingerprint density at radius 2 is 2.15 bits per heavy atom. The van der Waals surface area contributed by atoms with Crippen LogP contribution in [0.1, 0.15) is 21.6 Å². The molecule has 0 aliphatic heterocycles. The molecule has 2 N–H and O–H groups in total. The highest BCUT2D eigenvalue weighted by Crippen LogP contribution is 2.05. The highest BCUT2D eigenvalue weighted by molar-refractivity contribution is 7.88. The van der Waals surface area contributed by atoms with Crippen LogP contribution in [0.2, 0.25) is 0 Å². The molecule has 0 saturated carbocycles. The van der Waals surface area contributed by atoms with E-state index in [0.717, 1.165) is 0 Å². The zero-order valence-corrected chi connectivity index (χ0v) is 8.47. The summed E-state index contributed by atoms with van der Waals surface area (Å²) < 4.78 is 30.5. The number of sulfonamides is 1. The van der Waals surface area contributed by atoms with E-state index in [1.54, 1.807) is 13.8 Å². The molecule has 0 aromatic heterocycles. The lowest BCUT2D eigenvalue weighted by Gasteiger charge is -2.14. The molecule has 0 aliphatic carbocycles. The van der Waals surface area contributed by atoms with E-state index < -0.39 is 28.3 Å². The van der Waals surface area contributed by atoms with Crippen molar-refractivity contribution in [2.75, 3.05) is 6.23 Å². The van der Waals surface area contributed by atoms with E-state index in [1.807, 2.05) is 4.72 Å². The SMILES string of the molecule is [2H]CS(=O)(=O)N[C@@H](CC(C)C)C(=O)O. The Balaban J connectivity index is 4.46. The molecule has 0 unspecified atom stereocenters. The molecule has 5 nitrogen and oxygen atoms in total. The minimum atomic E-state index is -3.77. The summed E-state index contributed by atoms with van der Waals surface area (Å²) in [6.45, 7) is 3.59. The Morgan fingerprint density at radius 1 is 1.62 bits per heavy atom. The fraction of sp³-hybridized carbons (Fsp3) is 0.857. The Labute approximate surface area is 79.6 Å². The Kier molecular flexibility index (Phi) is 3.68. The molecule has 0 fully saturated rings. The topological polar surface area (TPSA) is 83.5 Å². The monoisotopic (exact) mass is 210 g/mol. The zero-order chi connectivity index (χ0) is 11.4. The molecule has 0 heterocycles. The van der Waals surface area contributed by atoms with Gasteiger partial charge in [0.2, 0.25) is 10.0 Å². The summed E-state index contributed by atoms with van der Waals surface area (Å²) in [5.41, 5.74) is 0. The van der Waals surface area contributed by atoms with Crippen molar-refractivity contribution in [3.05, 3.63) is 0 Å². The van der Waals surface area contributed by atoms with Gasteiger partial charge in [0.25, 0.3) is 0 Å². The van der Waals surface area contributed by atoms with Crippen LogP contribution in [0.25, 0.3) is 0 Å². The van der Waals surface area contributed by atoms with E-state index in [1.165, 1.54) is 0 Å². The maximum atomic E-state index is 10.9. The first-order valence-electron chi connectivity index (χ1n) is 4.51. The van der Waals surface area contributed by atoms with Crippen molar-refractivity contribution in [2.45, 2.75) is 26.3 Å². The third kappa shape index (κ3) is 6.53. The summed E-state index contributed by atoms with van der Waals surface area (Å²) in [7, 11) is -3.77. The molecule has 0 amide bonds. The molecule has 1 atom stereocenters. The van der Waals surface area contributed by atoms with Crippen molar-refractivity contribution in [1.29, 1.82) is 0 Å². The van der Waals surface area contributed by atoms with Crippen molar-refractivity contribution in [3.63, 3.8) is 0 Å². The van der Waals surface area contributed by atoms with E-state index in [4.69, 9.17) is 6.48 Å². The second-order valence-electron chi connectivity index (χ2n) is 3.25. The summed E-state index contributed by atoms with van der Waals surface area (Å²) in [4.78, 5) is 10.6. The van der Waals surface area contributed by atoms with Crippen molar-refractivity contribution >= 4 is 16.0 Å². The lowest BCUT2D eigenvalue weighted by Crippen LogP contribution is -2.40. The summed E-state index contributed by atoms with van der Waals surface area (Å²) in [6, 6.07) is -1.13. The normalized spacial score (nSPS) is 15.5. The molecule has 78 valence electrons. The average molecular weight is 210 g/mol. The van der Waals surface area contributed by atoms with Gasteiger partial charge in [0.05, 0.1) is 6.23 Å². The third-order valence-electron chi connectivity index (χ3n) is 1.33. The zero-order valence-electron chi connectivity index (χ0n) is 8.65. The van der Waals surface area contributed by atoms with Gasteiger partial charge in [-0.15, -0.1) is 0 Å². The molecule has 0 rings (SSSR count). The molecule has 13 heavy (non-hydrogen) atoms. The molecule has 0 saturated heterocycles. The van der Waals surface area contributed by atoms with Crippen molar-refractivity contribution in [3.8, 4) is 0 Å². The third-order valence-corrected chi connectivity index (χ3v) is 1.97. The molecular formula is C7H15NO4S. The van der Waals surface area contributed by atoms with Crippen LogP contribution in [0.5, 0.6) is 0 Å². The van der Waals surface area contributed by atoms with E-state index >= 15 is 0 Å². The van der Waals surface area contributed by atoms with Gasteiger partial charge in [0.15, 0.2) is 0 Å². The fourth-order valence-electron chi connectivity index (χ4n) is 0.887. The first-order valence-corrected chi connectivity index (χ1v) is 5.45. The number of rotatable bonds is 5. The van der Waals surface area contributed by atoms with Gasteiger partial charge in [-0.3, -0.25) is 4.79 Å². The lowest BCUT2D eigenvalue weighted by atomic mass is 10.1. The number of hydrogen-bond acceptors (Lipinski definition) is 3. The summed E-state index contributed by atoms with van der Waals surface area (Å²) >= 11 is 0. The first kappa shape index (κ1) is 10.5. The summed E-state index contributed by atoms with van der Waals surface area (Å²) in [5, 5.41) is 8.69. The predicted molar refractivity (Wildman–Crippen MR) is 48.9 cm³/mol. The summed E-state index contributed by atoms with van der Waals surface area (Å²) in [6.07, 6.45) is -0.635. The molecule has 0 aromatic rings. The second kappa shape index (κ2) is 4.57. The van der Waals surface area contributed by atoms with Crippen molar-refractivity contribution in [1.82, 2.24) is 4.72 Å². The number of hydrogen-bond donors (Lipinski definition) is 2. The van der Waals surface area contributed by atoms with Crippen molar-refractivity contribution in [2.24, 2.45) is 5.92 Å². The van der Waals surface area contributed by atoms with Crippen LogP contribution in [0.4, 0.5) is 0 Å². The van der Waals surface area contributed by atoms with Crippen LogP contribution in [0.3, 0.4) is 0 Å². The maximum Gasteiger partial charge on any atom is 0.321 e. The van der Waals surface area contributed by atoms with E-state index in [0.29, 0.717) is 0 Å². The maximum absolute atomic E-state index is 10.9. The fourth-order valence-corrected chi connectivity index (χ4v) is 1.52. The van der Waals surface area contributed by atoms with Crippen LogP contribution in [0.15, 0.2) is 0 Å². The lowest BCUT2D eigenvalue weighted by molar-refractivity contribution is -0.139. The van der Waals surface area contributed by atoms with Crippen LogP contribution in [0, 0.1) is 5.92 Å². The molecule has 0 spiro atoms. The van der Waals surface area contributed by atoms with Gasteiger partial charge in [0.1, 0.15) is 6.04 Å². The minimum absolute atomic E-state index is 0.0736. The largest absolute Gasteiger partial charge is 0.480 e. The van der Waals surface area contributed by atoms with Crippen LogP contribution >= 0.6 is 0 Å². The first-order chi connectivity index (χ1) is 6.28. The Hall–Kier alpha value is -0.620. The molecule has 0 radical (unpaired) electrons. The standard InChI is InChI=1S/C7H15NO4S/c1-5(2)4-6(7(9)10)8-13(3,11)12/h5-6,8H,4H2,1-3H3,(H,9,10)/t6-/m0/s1/i3D. The second-order valence-corrected chi connectivity index (χ2v) is 4.72. The molecule has 0 aromatic carbocycles. The number of nitrogens with one attached hydrogen (secondary N) is 1. The van der Waals surface area contributed by atoms with Gasteiger partial charge in [0, 0.05) is 1.37 Å². The van der Waals surface area contributed by atoms with Gasteiger partial charge in [-0.05, 0) is 12.3 Å². The van der Waals surface area contributed by atoms with Gasteiger partial charge in [-0.2, -0.15) is 0 Å². The molecule has 6 heteroatoms. The van der Waals surface area contributed by atoms with Gasteiger partial charge in [-0.25, -0.2) is 13.1 Å². The predicted octanol–water partition coefficient (Wildman–Crippen LogP) is 0.0349. The Bertz CT molecular complexity index is 288. The van der Waals surface area contributed by atoms with Crippen LogP contribution in [-0.2, 0) is 14.8 Å². The highest BCUT2D eigenvalue weighted by Gasteiger charge is 2.21. The van der Waals surface area contributed by atoms with Crippen molar-refractivity contribution < 1.29 is 19.7 Å². The van der Waals surface area contributed by atoms with Crippen LogP contribution in [-0.4, -0.2) is 31.8 Å². The quantitative estimate of drug-likeness (QED) is 0.671. The number of aliphatic carboxylic acids is 1. The number of carboxylic acids is 1. The van der Waals surface area contributed by atoms with Crippen LogP contribution < -0.4 is 4.72 Å². The summed E-state index contributed by atoms with van der Waals surface area (Å²) in [5.74, 6) is -1.14. The van der Waals surface area contributed by atoms with E-state index in [9.17, 15) is 13.2 Å². The van der Waals surface area contributed by atoms with Gasteiger partial charge < -0.3 is 5.11 Å². The van der Waals surface area contributed by atoms with E-state index in [2.05, 4.69) is 0 Å². The highest BCUT2D eigenvalue weighted by atomic mass is 32.2. The molecular weight excluding hydrogens is 194 g/mol. The molecule has 0 bridgehead atoms. The smallest absolute Gasteiger partial charge is 0.321 e. The average Bonchev–Trinajstić information content (AvgIpc) is 2.02. The number of carboxylic acid groups (broad SMARTS) is 1. The Morgan fingerprint density at radius 3 is 2.46 bits per heavy atom.